The molecule has 1 aromatic heterocycles. The van der Waals surface area contributed by atoms with Gasteiger partial charge in [-0.2, -0.15) is 5.10 Å². The maximum atomic E-state index is 5.83. The maximum absolute atomic E-state index is 5.83. The van der Waals surface area contributed by atoms with E-state index in [2.05, 4.69) is 25.9 Å². The van der Waals surface area contributed by atoms with Crippen LogP contribution in [0.2, 0.25) is 5.02 Å². The van der Waals surface area contributed by atoms with Crippen molar-refractivity contribution in [2.75, 3.05) is 5.73 Å². The fourth-order valence-corrected chi connectivity index (χ4v) is 1.53. The molecule has 2 N–H and O–H groups in total. The fraction of sp³-hybridized carbons (Fsp3) is 0.700. The van der Waals surface area contributed by atoms with Crippen LogP contribution in [-0.2, 0) is 0 Å². The van der Waals surface area contributed by atoms with Gasteiger partial charge < -0.3 is 5.73 Å². The quantitative estimate of drug-likeness (QED) is 0.839. The van der Waals surface area contributed by atoms with Crippen LogP contribution in [0.5, 0.6) is 0 Å². The van der Waals surface area contributed by atoms with Crippen LogP contribution in [0.3, 0.4) is 0 Å². The van der Waals surface area contributed by atoms with Crippen molar-refractivity contribution in [3.8, 4) is 0 Å². The number of halogens is 1. The molecule has 1 rings (SSSR count). The van der Waals surface area contributed by atoms with Gasteiger partial charge >= 0.3 is 0 Å². The molecule has 0 aliphatic heterocycles. The molecule has 1 unspecified atom stereocenters. The zero-order chi connectivity index (χ0) is 10.7. The average molecular weight is 216 g/mol. The summed E-state index contributed by atoms with van der Waals surface area (Å²) in [6.07, 6.45) is 3.86. The third-order valence-corrected chi connectivity index (χ3v) is 2.66. The van der Waals surface area contributed by atoms with Crippen molar-refractivity contribution >= 4 is 17.4 Å². The van der Waals surface area contributed by atoms with Gasteiger partial charge in [0.25, 0.3) is 0 Å². The number of hydrogen-bond acceptors (Lipinski definition) is 2. The van der Waals surface area contributed by atoms with Crippen LogP contribution >= 0.6 is 11.6 Å². The highest BCUT2D eigenvalue weighted by atomic mass is 35.5. The molecule has 14 heavy (non-hydrogen) atoms. The Bertz CT molecular complexity index is 294. The van der Waals surface area contributed by atoms with Crippen molar-refractivity contribution in [2.24, 2.45) is 5.92 Å². The van der Waals surface area contributed by atoms with E-state index in [1.807, 2.05) is 0 Å². The van der Waals surface area contributed by atoms with Gasteiger partial charge in [0.05, 0.1) is 12.2 Å². The first kappa shape index (κ1) is 11.4. The average Bonchev–Trinajstić information content (AvgIpc) is 2.44. The molecule has 1 atom stereocenters. The van der Waals surface area contributed by atoms with Gasteiger partial charge in [-0.1, -0.05) is 25.4 Å². The van der Waals surface area contributed by atoms with E-state index in [0.29, 0.717) is 22.8 Å². The van der Waals surface area contributed by atoms with E-state index in [0.717, 1.165) is 6.42 Å². The van der Waals surface area contributed by atoms with Crippen LogP contribution in [0, 0.1) is 5.92 Å². The van der Waals surface area contributed by atoms with E-state index in [1.54, 1.807) is 10.9 Å². The van der Waals surface area contributed by atoms with E-state index >= 15 is 0 Å². The van der Waals surface area contributed by atoms with Crippen LogP contribution in [0.15, 0.2) is 6.20 Å². The summed E-state index contributed by atoms with van der Waals surface area (Å²) in [7, 11) is 0. The normalized spacial score (nSPS) is 13.5. The van der Waals surface area contributed by atoms with E-state index in [9.17, 15) is 0 Å². The number of nitrogens with zero attached hydrogens (tertiary/aromatic N) is 2. The van der Waals surface area contributed by atoms with Gasteiger partial charge in [-0.15, -0.1) is 0 Å². The summed E-state index contributed by atoms with van der Waals surface area (Å²) in [4.78, 5) is 0. The van der Waals surface area contributed by atoms with E-state index in [4.69, 9.17) is 17.3 Å². The van der Waals surface area contributed by atoms with Crippen LogP contribution < -0.4 is 5.73 Å². The Morgan fingerprint density at radius 3 is 2.50 bits per heavy atom. The molecule has 0 aromatic carbocycles. The zero-order valence-corrected chi connectivity index (χ0v) is 9.75. The molecule has 0 radical (unpaired) electrons. The van der Waals surface area contributed by atoms with Gasteiger partial charge in [0.15, 0.2) is 0 Å². The minimum absolute atomic E-state index is 0.324. The van der Waals surface area contributed by atoms with Crippen molar-refractivity contribution in [1.82, 2.24) is 9.78 Å². The van der Waals surface area contributed by atoms with E-state index in [-0.39, 0.29) is 0 Å². The Kier molecular flexibility index (Phi) is 3.81. The monoisotopic (exact) mass is 215 g/mol. The van der Waals surface area contributed by atoms with E-state index in [1.165, 1.54) is 6.42 Å². The lowest BCUT2D eigenvalue weighted by Gasteiger charge is -2.14. The van der Waals surface area contributed by atoms with Gasteiger partial charge in [0, 0.05) is 0 Å². The molecule has 3 nitrogen and oxygen atoms in total. The lowest BCUT2D eigenvalue weighted by Crippen LogP contribution is -2.11. The highest BCUT2D eigenvalue weighted by Gasteiger charge is 2.11. The Labute approximate surface area is 90.2 Å². The molecule has 0 aliphatic carbocycles. The van der Waals surface area contributed by atoms with Crippen LogP contribution in [0.4, 0.5) is 5.82 Å². The molecular formula is C10H18ClN3. The van der Waals surface area contributed by atoms with Crippen molar-refractivity contribution in [1.29, 1.82) is 0 Å². The van der Waals surface area contributed by atoms with Gasteiger partial charge in [0.2, 0.25) is 0 Å². The second-order valence-corrected chi connectivity index (χ2v) is 4.55. The molecule has 0 spiro atoms. The Morgan fingerprint density at radius 2 is 2.07 bits per heavy atom. The van der Waals surface area contributed by atoms with Crippen LogP contribution in [0.1, 0.15) is 39.7 Å². The molecule has 0 saturated heterocycles. The predicted molar refractivity (Wildman–Crippen MR) is 60.4 cm³/mol. The number of rotatable bonds is 4. The first-order valence-corrected chi connectivity index (χ1v) is 5.38. The smallest absolute Gasteiger partial charge is 0.140 e. The molecule has 0 bridgehead atoms. The van der Waals surface area contributed by atoms with Gasteiger partial charge in [-0.3, -0.25) is 0 Å². The standard InChI is InChI=1S/C10H18ClN3/c1-7(2)4-5-8(3)14-10(12)9(11)6-13-14/h6-8H,4-5,12H2,1-3H3. The summed E-state index contributed by atoms with van der Waals surface area (Å²) in [5.41, 5.74) is 5.78. The van der Waals surface area contributed by atoms with Crippen molar-refractivity contribution < 1.29 is 0 Å². The summed E-state index contributed by atoms with van der Waals surface area (Å²) in [6.45, 7) is 6.54. The molecule has 80 valence electrons. The summed E-state index contributed by atoms with van der Waals surface area (Å²) < 4.78 is 1.80. The highest BCUT2D eigenvalue weighted by molar-refractivity contribution is 6.32. The highest BCUT2D eigenvalue weighted by Crippen LogP contribution is 2.24. The minimum Gasteiger partial charge on any atom is -0.383 e. The topological polar surface area (TPSA) is 43.8 Å². The number of hydrogen-bond donors (Lipinski definition) is 1. The second-order valence-electron chi connectivity index (χ2n) is 4.14. The summed E-state index contributed by atoms with van der Waals surface area (Å²) in [6, 6.07) is 0.324. The Morgan fingerprint density at radius 1 is 1.43 bits per heavy atom. The molecular weight excluding hydrogens is 198 g/mol. The van der Waals surface area contributed by atoms with Crippen LogP contribution in [-0.4, -0.2) is 9.78 Å². The van der Waals surface area contributed by atoms with Crippen LogP contribution in [0.25, 0.3) is 0 Å². The molecule has 1 heterocycles. The van der Waals surface area contributed by atoms with Gasteiger partial charge in [0.1, 0.15) is 10.8 Å². The van der Waals surface area contributed by atoms with Crippen molar-refractivity contribution in [3.63, 3.8) is 0 Å². The zero-order valence-electron chi connectivity index (χ0n) is 9.00. The maximum Gasteiger partial charge on any atom is 0.140 e. The molecule has 0 amide bonds. The van der Waals surface area contributed by atoms with Gasteiger partial charge in [-0.05, 0) is 25.7 Å². The van der Waals surface area contributed by atoms with E-state index < -0.39 is 0 Å². The fourth-order valence-electron chi connectivity index (χ4n) is 1.40. The largest absolute Gasteiger partial charge is 0.383 e. The summed E-state index contributed by atoms with van der Waals surface area (Å²) >= 11 is 5.83. The molecule has 1 aromatic rings. The SMILES string of the molecule is CC(C)CCC(C)n1ncc(Cl)c1N. The molecule has 4 heteroatoms. The number of nitrogens with two attached hydrogens (primary N) is 1. The lowest BCUT2D eigenvalue weighted by atomic mass is 10.0. The first-order valence-electron chi connectivity index (χ1n) is 5.00. The third kappa shape index (κ3) is 2.64. The number of aromatic nitrogens is 2. The van der Waals surface area contributed by atoms with Crippen molar-refractivity contribution in [2.45, 2.75) is 39.7 Å². The summed E-state index contributed by atoms with van der Waals surface area (Å²) in [5.74, 6) is 1.28. The third-order valence-electron chi connectivity index (χ3n) is 2.37. The van der Waals surface area contributed by atoms with Crippen molar-refractivity contribution in [3.05, 3.63) is 11.2 Å². The lowest BCUT2D eigenvalue weighted by molar-refractivity contribution is 0.415. The second kappa shape index (κ2) is 4.69. The Hall–Kier alpha value is -0.700. The minimum atomic E-state index is 0.324. The number of anilines is 1. The molecule has 0 fully saturated rings. The summed E-state index contributed by atoms with van der Waals surface area (Å²) in [5, 5.41) is 4.70. The Balaban J connectivity index is 2.60. The van der Waals surface area contributed by atoms with Gasteiger partial charge in [-0.25, -0.2) is 4.68 Å². The molecule has 0 saturated carbocycles. The predicted octanol–water partition coefficient (Wildman–Crippen LogP) is 3.12. The molecule has 0 aliphatic rings. The first-order chi connectivity index (χ1) is 6.52. The number of nitrogen functional groups attached to an aromatic ring is 1.